The van der Waals surface area contributed by atoms with E-state index in [0.717, 1.165) is 99.6 Å². The second-order valence-electron chi connectivity index (χ2n) is 29.6. The molecule has 6 N–H and O–H groups in total. The Morgan fingerprint density at radius 1 is 0.450 bits per heavy atom. The highest BCUT2D eigenvalue weighted by molar-refractivity contribution is 6.32. The molecular weight excluding hydrogens is 1620 g/mol. The Morgan fingerprint density at radius 3 is 1.21 bits per heavy atom. The molecule has 0 aliphatic carbocycles. The van der Waals surface area contributed by atoms with Gasteiger partial charge in [-0.2, -0.15) is 0 Å². The Hall–Kier alpha value is -10.2. The summed E-state index contributed by atoms with van der Waals surface area (Å²) in [5.41, 5.74) is 18.6. The van der Waals surface area contributed by atoms with Crippen molar-refractivity contribution in [3.63, 3.8) is 0 Å². The van der Waals surface area contributed by atoms with E-state index in [-0.39, 0.29) is 55.0 Å². The van der Waals surface area contributed by atoms with Gasteiger partial charge in [0, 0.05) is 127 Å². The average molecular weight is 1720 g/mol. The van der Waals surface area contributed by atoms with Crippen LogP contribution in [0.1, 0.15) is 121 Å². The molecule has 1 fully saturated rings. The summed E-state index contributed by atoms with van der Waals surface area (Å²) in [7, 11) is 8.26. The van der Waals surface area contributed by atoms with Gasteiger partial charge in [-0.15, -0.1) is 0 Å². The largest absolute Gasteiger partial charge is 0.475 e. The van der Waals surface area contributed by atoms with Gasteiger partial charge >= 0.3 is 0 Å². The number of nitrogens with zero attached hydrogens (tertiary/aromatic N) is 3. The van der Waals surface area contributed by atoms with Gasteiger partial charge in [-0.1, -0.05) is 149 Å². The SMILES string of the molecule is COCc1cc(C(=O)NC(C)(C)CO)ccc1-c1ccc(Cl)cc1.COCc1cc(C2=NC(C)(C)CO2)ccc1-c1ccc(Cl)cc1.COCc1ccc(C(=O)N2CCC(O)CC2)cc1-c1ccc(Cl)cc1.COCc1ccc(C(=O)NCCO)cc1-c1ccc(Cl)cc1.COCc1ccc(C(=O)NCc2ccncc2)cc1-c1ccc(Cl)cc1. The Bertz CT molecular complexity index is 5210. The highest BCUT2D eigenvalue weighted by Gasteiger charge is 2.29. The molecule has 4 amide bonds. The number of likely N-dealkylation sites (tertiary alicyclic amines) is 1. The number of aromatic nitrogens is 1. The molecule has 0 unspecified atom stereocenters. The van der Waals surface area contributed by atoms with Crippen LogP contribution < -0.4 is 16.0 Å². The molecule has 13 rings (SSSR count). The van der Waals surface area contributed by atoms with Gasteiger partial charge in [-0.3, -0.25) is 24.2 Å². The van der Waals surface area contributed by atoms with Crippen LogP contribution in [0.4, 0.5) is 0 Å². The highest BCUT2D eigenvalue weighted by atomic mass is 35.5. The van der Waals surface area contributed by atoms with E-state index in [4.69, 9.17) is 91.5 Å². The summed E-state index contributed by atoms with van der Waals surface area (Å²) in [5.74, 6) is 0.143. The van der Waals surface area contributed by atoms with Crippen LogP contribution in [-0.4, -0.2) is 147 Å². The molecule has 3 heterocycles. The third-order valence-electron chi connectivity index (χ3n) is 19.3. The normalized spacial score (nSPS) is 12.8. The number of hydrogen-bond acceptors (Lipinski definition) is 15. The van der Waals surface area contributed by atoms with Crippen molar-refractivity contribution in [2.24, 2.45) is 4.99 Å². The second kappa shape index (κ2) is 46.6. The number of rotatable bonds is 26. The number of nitrogens with one attached hydrogen (secondary N) is 3. The Kier molecular flexibility index (Phi) is 36.4. The van der Waals surface area contributed by atoms with Crippen LogP contribution in [0.2, 0.25) is 25.1 Å². The number of carbonyl (C=O) groups excluding carboxylic acids is 4. The summed E-state index contributed by atoms with van der Waals surface area (Å²) in [4.78, 5) is 60.2. The van der Waals surface area contributed by atoms with Crippen molar-refractivity contribution in [1.29, 1.82) is 0 Å². The molecule has 10 aromatic carbocycles. The number of piperidine rings is 1. The van der Waals surface area contributed by atoms with Gasteiger partial charge in [0.1, 0.15) is 6.61 Å². The van der Waals surface area contributed by atoms with Crippen LogP contribution in [0.3, 0.4) is 0 Å². The number of amides is 4. The van der Waals surface area contributed by atoms with Crippen molar-refractivity contribution in [2.45, 2.75) is 97.3 Å². The van der Waals surface area contributed by atoms with Crippen molar-refractivity contribution in [2.75, 3.05) is 75.0 Å². The smallest absolute Gasteiger partial charge is 0.253 e. The van der Waals surface area contributed by atoms with Crippen LogP contribution in [0.15, 0.2) is 242 Å². The minimum Gasteiger partial charge on any atom is -0.475 e. The Morgan fingerprint density at radius 2 is 0.808 bits per heavy atom. The monoisotopic (exact) mass is 1720 g/mol. The van der Waals surface area contributed by atoms with Gasteiger partial charge in [0.2, 0.25) is 5.90 Å². The Balaban J connectivity index is 0.000000171. The fourth-order valence-electron chi connectivity index (χ4n) is 13.0. The van der Waals surface area contributed by atoms with Crippen LogP contribution in [-0.2, 0) is 68.0 Å². The van der Waals surface area contributed by atoms with Crippen LogP contribution in [0.25, 0.3) is 55.6 Å². The lowest BCUT2D eigenvalue weighted by Crippen LogP contribution is -2.46. The van der Waals surface area contributed by atoms with E-state index in [1.54, 1.807) is 73.9 Å². The van der Waals surface area contributed by atoms with Gasteiger partial charge in [-0.05, 0) is 263 Å². The van der Waals surface area contributed by atoms with Gasteiger partial charge in [0.25, 0.3) is 23.6 Å². The van der Waals surface area contributed by atoms with Crippen molar-refractivity contribution in [1.82, 2.24) is 25.8 Å². The molecule has 628 valence electrons. The Labute approximate surface area is 727 Å². The predicted molar refractivity (Wildman–Crippen MR) is 479 cm³/mol. The highest BCUT2D eigenvalue weighted by Crippen LogP contribution is 2.34. The summed E-state index contributed by atoms with van der Waals surface area (Å²) in [5, 5.41) is 39.5. The molecule has 0 radical (unpaired) electrons. The number of pyridine rings is 1. The quantitative estimate of drug-likeness (QED) is 0.0295. The van der Waals surface area contributed by atoms with E-state index in [0.29, 0.717) is 120 Å². The van der Waals surface area contributed by atoms with Crippen LogP contribution in [0, 0.1) is 0 Å². The van der Waals surface area contributed by atoms with Gasteiger partial charge in [0.05, 0.1) is 63.4 Å². The van der Waals surface area contributed by atoms with E-state index in [2.05, 4.69) is 51.9 Å². The lowest BCUT2D eigenvalue weighted by molar-refractivity contribution is 0.0545. The third kappa shape index (κ3) is 28.0. The molecule has 1 saturated heterocycles. The third-order valence-corrected chi connectivity index (χ3v) is 20.5. The molecule has 2 aliphatic heterocycles. The minimum atomic E-state index is -0.673. The number of methoxy groups -OCH3 is 5. The summed E-state index contributed by atoms with van der Waals surface area (Å²) in [6.45, 7) is 12.3. The summed E-state index contributed by atoms with van der Waals surface area (Å²) < 4.78 is 32.2. The lowest BCUT2D eigenvalue weighted by Gasteiger charge is -2.29. The zero-order valence-corrected chi connectivity index (χ0v) is 72.4. The zero-order valence-electron chi connectivity index (χ0n) is 68.6. The fraction of sp³-hybridized carbons (Fsp3) is 0.271. The number of ether oxygens (including phenoxy) is 6. The van der Waals surface area contributed by atoms with Crippen LogP contribution in [0.5, 0.6) is 0 Å². The van der Waals surface area contributed by atoms with E-state index in [1.807, 2.05) is 205 Å². The first-order chi connectivity index (χ1) is 57.7. The fourth-order valence-corrected chi connectivity index (χ4v) is 13.6. The van der Waals surface area contributed by atoms with E-state index in [9.17, 15) is 29.4 Å². The summed E-state index contributed by atoms with van der Waals surface area (Å²) in [6.07, 6.45) is 4.40. The standard InChI is InChI=1S/C21H19ClN2O2.C20H22ClNO3.C19H22ClNO3.C19H20ClNO2.C17H18ClNO3/c1-26-14-18-3-2-17(12-20(18)16-4-6-19(22)7-5-16)21(25)24-13-15-8-10-23-11-9-15;1-25-13-16-3-2-15(20(24)22-10-8-18(23)9-11-22)12-19(16)14-4-6-17(21)7-5-14;1-19(2,12-22)21-18(23)14-6-9-17(15(10-14)11-24-3)13-4-7-16(20)8-5-13;1-19(2)12-23-18(21-19)14-6-9-17(15(10-14)11-22-3)13-4-7-16(20)8-5-13;1-22-11-14-3-2-13(17(21)19-8-9-20)10-16(14)12-4-6-15(18)7-5-12/h2-12H,13-14H2,1H3,(H,24,25);2-7,12,18,23H,8-11,13H2,1H3;4-10,22H,11-12H2,1-3H3,(H,21,23);4-10H,11-12H2,1-3H3;2-7,10,20H,8-9,11H2,1H3,(H,19,21). The molecule has 19 nitrogen and oxygen atoms in total. The lowest BCUT2D eigenvalue weighted by atomic mass is 9.96. The maximum Gasteiger partial charge on any atom is 0.253 e. The van der Waals surface area contributed by atoms with Crippen molar-refractivity contribution < 1.29 is 62.9 Å². The van der Waals surface area contributed by atoms with Crippen molar-refractivity contribution in [3.8, 4) is 55.6 Å². The first kappa shape index (κ1) is 93.7. The molecule has 0 atom stereocenters. The number of carbonyl (C=O) groups is 4. The number of aliphatic hydroxyl groups excluding tert-OH is 3. The number of benzene rings is 10. The molecule has 2 aliphatic rings. The topological polar surface area (TPSA) is 249 Å². The maximum atomic E-state index is 12.8. The molecular formula is C96H101Cl5N6O13. The van der Waals surface area contributed by atoms with Gasteiger partial charge in [-0.25, -0.2) is 4.99 Å². The number of halogens is 5. The first-order valence-electron chi connectivity index (χ1n) is 38.8. The summed E-state index contributed by atoms with van der Waals surface area (Å²) in [6, 6.07) is 70.2. The molecule has 0 bridgehead atoms. The number of aliphatic hydroxyl groups is 3. The molecule has 1 aromatic heterocycles. The second-order valence-corrected chi connectivity index (χ2v) is 31.8. The van der Waals surface area contributed by atoms with Crippen molar-refractivity contribution in [3.05, 3.63) is 323 Å². The van der Waals surface area contributed by atoms with E-state index >= 15 is 0 Å². The zero-order chi connectivity index (χ0) is 86.3. The van der Waals surface area contributed by atoms with Gasteiger partial charge in [0.15, 0.2) is 0 Å². The number of aliphatic imine (C=N–C) groups is 1. The minimum absolute atomic E-state index is 0.00563. The maximum absolute atomic E-state index is 12.8. The van der Waals surface area contributed by atoms with E-state index < -0.39 is 5.54 Å². The predicted octanol–water partition coefficient (Wildman–Crippen LogP) is 19.5. The first-order valence-corrected chi connectivity index (χ1v) is 40.7. The molecule has 0 saturated carbocycles. The summed E-state index contributed by atoms with van der Waals surface area (Å²) >= 11 is 29.8. The van der Waals surface area contributed by atoms with E-state index in [1.165, 1.54) is 0 Å². The molecule has 0 spiro atoms. The van der Waals surface area contributed by atoms with Crippen LogP contribution >= 0.6 is 58.0 Å². The average Bonchev–Trinajstić information content (AvgIpc) is 1.32. The van der Waals surface area contributed by atoms with Crippen molar-refractivity contribution >= 4 is 87.5 Å². The molecule has 120 heavy (non-hydrogen) atoms. The molecule has 11 aromatic rings. The molecule has 24 heteroatoms. The number of hydrogen-bond donors (Lipinski definition) is 6. The van der Waals surface area contributed by atoms with Gasteiger partial charge < -0.3 is 64.6 Å².